The van der Waals surface area contributed by atoms with Crippen LogP contribution < -0.4 is 0 Å². The SMILES string of the molecule is CC/C=C\C/C=C\C/C=C\C/C=C\C/C=C\CCCCCC(=O)O[C@@H]1COC(=O)CCCCCC[C@@H]2[C@@H](O)[C@H](O)[C@@H](O)[C@H](OP(=O)(O)OC1)[C@H](OP(=O)(O)O)[C@H](O)[C@@H](/C=C/[C@@H](O)CCCCC)[C@H](O)C[C@@H]2O. The molecule has 1 heterocycles. The van der Waals surface area contributed by atoms with Gasteiger partial charge in [0.05, 0.1) is 37.1 Å². The molecule has 10 N–H and O–H groups in total. The molecule has 0 aromatic heterocycles. The van der Waals surface area contributed by atoms with E-state index in [-0.39, 0.29) is 32.1 Å². The van der Waals surface area contributed by atoms with Crippen LogP contribution in [0.4, 0.5) is 0 Å². The number of aliphatic hydroxyl groups excluding tert-OH is 7. The molecule has 2 aliphatic rings. The van der Waals surface area contributed by atoms with Gasteiger partial charge in [-0.1, -0.05) is 132 Å². The van der Waals surface area contributed by atoms with Crippen molar-refractivity contribution in [3.8, 4) is 0 Å². The van der Waals surface area contributed by atoms with E-state index in [0.29, 0.717) is 38.5 Å². The Morgan fingerprint density at radius 2 is 1.39 bits per heavy atom. The molecule has 0 radical (unpaired) electrons. The van der Waals surface area contributed by atoms with E-state index < -0.39 is 120 Å². The quantitative estimate of drug-likeness (QED) is 0.0206. The van der Waals surface area contributed by atoms with Crippen molar-refractivity contribution in [1.29, 1.82) is 0 Å². The molecule has 1 aliphatic carbocycles. The molecule has 0 spiro atoms. The molecule has 1 saturated heterocycles. The summed E-state index contributed by atoms with van der Waals surface area (Å²) in [6, 6.07) is 0. The lowest BCUT2D eigenvalue weighted by atomic mass is 9.82. The number of carbonyl (C=O) groups excluding carboxylic acids is 2. The molecule has 19 nitrogen and oxygen atoms in total. The maximum absolute atomic E-state index is 13.8. The number of hydrogen-bond acceptors (Lipinski definition) is 16. The third-order valence-electron chi connectivity index (χ3n) is 12.4. The van der Waals surface area contributed by atoms with Crippen molar-refractivity contribution in [1.82, 2.24) is 0 Å². The molecule has 0 aromatic carbocycles. The van der Waals surface area contributed by atoms with Crippen molar-refractivity contribution in [3.63, 3.8) is 0 Å². The topological polar surface area (TPSA) is 317 Å². The molecular formula is C51H86O19P2. The molecule has 0 aromatic rings. The Hall–Kier alpha value is -2.68. The van der Waals surface area contributed by atoms with Crippen LogP contribution >= 0.6 is 15.6 Å². The summed E-state index contributed by atoms with van der Waals surface area (Å²) >= 11 is 0. The molecule has 414 valence electrons. The van der Waals surface area contributed by atoms with Crippen LogP contribution in [0.1, 0.15) is 149 Å². The van der Waals surface area contributed by atoms with Crippen LogP contribution in [0.25, 0.3) is 0 Å². The summed E-state index contributed by atoms with van der Waals surface area (Å²) in [5.74, 6) is -4.44. The second-order valence-corrected chi connectivity index (χ2v) is 21.1. The summed E-state index contributed by atoms with van der Waals surface area (Å²) in [7, 11) is -11.5. The van der Waals surface area contributed by atoms with E-state index in [0.717, 1.165) is 63.9 Å². The number of ether oxygens (including phenoxy) is 2. The highest BCUT2D eigenvalue weighted by molar-refractivity contribution is 7.47. The van der Waals surface area contributed by atoms with Crippen LogP contribution in [-0.4, -0.2) is 137 Å². The molecule has 1 aliphatic heterocycles. The Morgan fingerprint density at radius 3 is 2.01 bits per heavy atom. The Balaban J connectivity index is 2.27. The van der Waals surface area contributed by atoms with Crippen molar-refractivity contribution in [3.05, 3.63) is 72.9 Å². The van der Waals surface area contributed by atoms with Gasteiger partial charge in [-0.15, -0.1) is 0 Å². The van der Waals surface area contributed by atoms with Crippen LogP contribution in [0.2, 0.25) is 0 Å². The second-order valence-electron chi connectivity index (χ2n) is 18.5. The normalized spacial score (nSPS) is 31.1. The minimum Gasteiger partial charge on any atom is -0.462 e. The lowest BCUT2D eigenvalue weighted by Crippen LogP contribution is -2.56. The fourth-order valence-electron chi connectivity index (χ4n) is 8.32. The first-order chi connectivity index (χ1) is 34.3. The van der Waals surface area contributed by atoms with Gasteiger partial charge in [-0.3, -0.25) is 23.2 Å². The van der Waals surface area contributed by atoms with Gasteiger partial charge >= 0.3 is 27.6 Å². The van der Waals surface area contributed by atoms with Gasteiger partial charge in [0.15, 0.2) is 6.10 Å². The lowest BCUT2D eigenvalue weighted by Gasteiger charge is -2.39. The van der Waals surface area contributed by atoms with E-state index in [1.54, 1.807) is 0 Å². The molecular weight excluding hydrogens is 978 g/mol. The largest absolute Gasteiger partial charge is 0.472 e. The van der Waals surface area contributed by atoms with Crippen molar-refractivity contribution < 1.29 is 92.2 Å². The Labute approximate surface area is 426 Å². The van der Waals surface area contributed by atoms with Gasteiger partial charge in [0, 0.05) is 31.1 Å². The average Bonchev–Trinajstić information content (AvgIpc) is 3.32. The first kappa shape index (κ1) is 65.4. The number of phosphoric ester groups is 2. The van der Waals surface area contributed by atoms with E-state index in [4.69, 9.17) is 23.0 Å². The third kappa shape index (κ3) is 28.3. The second kappa shape index (κ2) is 37.1. The smallest absolute Gasteiger partial charge is 0.462 e. The van der Waals surface area contributed by atoms with Gasteiger partial charge in [-0.05, 0) is 70.6 Å². The van der Waals surface area contributed by atoms with Crippen LogP contribution in [0.15, 0.2) is 72.9 Å². The van der Waals surface area contributed by atoms with Gasteiger partial charge in [0.1, 0.15) is 31.0 Å². The summed E-state index contributed by atoms with van der Waals surface area (Å²) in [4.78, 5) is 56.9. The van der Waals surface area contributed by atoms with Crippen molar-refractivity contribution in [2.75, 3.05) is 13.2 Å². The van der Waals surface area contributed by atoms with Gasteiger partial charge in [-0.25, -0.2) is 9.13 Å². The maximum Gasteiger partial charge on any atom is 0.472 e. The highest BCUT2D eigenvalue weighted by atomic mass is 31.2. The maximum atomic E-state index is 13.8. The first-order valence-corrected chi connectivity index (χ1v) is 28.8. The fraction of sp³-hybridized carbons (Fsp3) is 0.725. The summed E-state index contributed by atoms with van der Waals surface area (Å²) < 4.78 is 52.4. The number of aliphatic hydroxyl groups is 7. The molecule has 13 atom stereocenters. The molecule has 21 heteroatoms. The zero-order valence-corrected chi connectivity index (χ0v) is 43.9. The molecule has 0 amide bonds. The highest BCUT2D eigenvalue weighted by Gasteiger charge is 2.51. The lowest BCUT2D eigenvalue weighted by molar-refractivity contribution is -0.165. The minimum absolute atomic E-state index is 0.0324. The number of hydrogen-bond donors (Lipinski definition) is 10. The van der Waals surface area contributed by atoms with Gasteiger partial charge < -0.3 is 59.9 Å². The monoisotopic (exact) mass is 1060 g/mol. The Kier molecular flexibility index (Phi) is 33.7. The van der Waals surface area contributed by atoms with Gasteiger partial charge in [-0.2, -0.15) is 0 Å². The van der Waals surface area contributed by atoms with Crippen molar-refractivity contribution in [2.45, 2.75) is 210 Å². The highest BCUT2D eigenvalue weighted by Crippen LogP contribution is 2.50. The molecule has 2 fully saturated rings. The first-order valence-electron chi connectivity index (χ1n) is 25.7. The minimum atomic E-state index is -5.77. The Morgan fingerprint density at radius 1 is 0.764 bits per heavy atom. The standard InChI is InChI=1S/C51H86O19P2/c1-3-5-7-8-9-10-11-12-13-14-15-16-17-18-19-20-21-22-28-32-45(56)68-39-36-66-44(55)31-27-24-23-26-30-40-42(53)35-43(54)41(34-33-38(52)29-25-6-4-2)47(58)50(69-71(61,62)63)51(49(60)48(59)46(40)57)70-72(64,65)67-37-39/h5,7,9-10,12-13,15-16,18-19,33-34,38-43,46-54,57-60H,3-4,6,8,11,14,17,20-32,35-37H2,1-2H3,(H,64,65)(H2,61,62,63)/b7-5-,10-9-,13-12-,16-15-,19-18-,34-33+/t38-,39+,40-,41-,42-,43+,46+,47+,48-,49+,50+,51-/m0/s1. The van der Waals surface area contributed by atoms with Gasteiger partial charge in [0.2, 0.25) is 0 Å². The number of rotatable bonds is 24. The molecule has 2 bridgehead atoms. The number of fused-ring (bicyclic) bond motifs is 4. The molecule has 1 saturated carbocycles. The predicted molar refractivity (Wildman–Crippen MR) is 271 cm³/mol. The molecule has 72 heavy (non-hydrogen) atoms. The summed E-state index contributed by atoms with van der Waals surface area (Å²) in [6.45, 7) is 2.46. The van der Waals surface area contributed by atoms with E-state index >= 15 is 0 Å². The van der Waals surface area contributed by atoms with E-state index in [9.17, 15) is 69.1 Å². The fourth-order valence-corrected chi connectivity index (χ4v) is 9.85. The summed E-state index contributed by atoms with van der Waals surface area (Å²) in [5, 5.41) is 80.0. The van der Waals surface area contributed by atoms with Crippen LogP contribution in [0.3, 0.4) is 0 Å². The van der Waals surface area contributed by atoms with Crippen LogP contribution in [-0.2, 0) is 41.8 Å². The average molecular weight is 1070 g/mol. The van der Waals surface area contributed by atoms with E-state index in [2.05, 4.69) is 67.7 Å². The van der Waals surface area contributed by atoms with Gasteiger partial charge in [0.25, 0.3) is 0 Å². The Bertz CT molecular complexity index is 1780. The van der Waals surface area contributed by atoms with Crippen LogP contribution in [0.5, 0.6) is 0 Å². The van der Waals surface area contributed by atoms with Crippen molar-refractivity contribution >= 4 is 27.6 Å². The summed E-state index contributed by atoms with van der Waals surface area (Å²) in [5.41, 5.74) is 0. The predicted octanol–water partition coefficient (Wildman–Crippen LogP) is 6.78. The summed E-state index contributed by atoms with van der Waals surface area (Å²) in [6.07, 6.45) is 13.1. The van der Waals surface area contributed by atoms with Crippen LogP contribution in [0, 0.1) is 11.8 Å². The molecule has 1 unspecified atom stereocenters. The number of phosphoric acid groups is 2. The van der Waals surface area contributed by atoms with E-state index in [1.165, 1.54) is 6.08 Å². The zero-order valence-electron chi connectivity index (χ0n) is 42.2. The molecule has 2 rings (SSSR count). The number of unbranched alkanes of at least 4 members (excludes halogenated alkanes) is 5. The number of cyclic esters (lactones) is 1. The third-order valence-corrected chi connectivity index (χ3v) is 13.9. The van der Waals surface area contributed by atoms with Crippen molar-refractivity contribution in [2.24, 2.45) is 11.8 Å². The number of esters is 2. The number of allylic oxidation sites excluding steroid dienone is 10. The number of carbonyl (C=O) groups is 2. The van der Waals surface area contributed by atoms with E-state index in [1.807, 2.05) is 6.92 Å². The zero-order chi connectivity index (χ0) is 53.4.